The van der Waals surface area contributed by atoms with Crippen LogP contribution in [0.2, 0.25) is 0 Å². The fourth-order valence-electron chi connectivity index (χ4n) is 3.50. The van der Waals surface area contributed by atoms with Gasteiger partial charge < -0.3 is 30.4 Å². The number of ether oxygens (including phenoxy) is 3. The van der Waals surface area contributed by atoms with Gasteiger partial charge in [-0.2, -0.15) is 13.2 Å². The Morgan fingerprint density at radius 2 is 1.69 bits per heavy atom. The summed E-state index contributed by atoms with van der Waals surface area (Å²) < 4.78 is 68.8. The number of hydrogen-bond donors (Lipinski definition) is 3. The first-order chi connectivity index (χ1) is 20.0. The van der Waals surface area contributed by atoms with E-state index < -0.39 is 35.8 Å². The van der Waals surface area contributed by atoms with Crippen LogP contribution in [0.1, 0.15) is 46.2 Å². The van der Waals surface area contributed by atoms with Gasteiger partial charge in [0.1, 0.15) is 29.6 Å². The quantitative estimate of drug-likeness (QED) is 0.204. The molecular formula is C29H33F4N3O6. The second-order valence-electron chi connectivity index (χ2n) is 8.63. The van der Waals surface area contributed by atoms with Gasteiger partial charge in [-0.15, -0.1) is 0 Å². The molecule has 0 saturated carbocycles. The van der Waals surface area contributed by atoms with Crippen LogP contribution >= 0.6 is 0 Å². The van der Waals surface area contributed by atoms with Crippen LogP contribution in [-0.4, -0.2) is 62.3 Å². The van der Waals surface area contributed by atoms with Gasteiger partial charge in [-0.1, -0.05) is 13.3 Å². The number of nitrogens with two attached hydrogens (primary N) is 1. The molecule has 1 amide bonds. The molecule has 42 heavy (non-hydrogen) atoms. The van der Waals surface area contributed by atoms with Crippen molar-refractivity contribution in [2.24, 2.45) is 5.73 Å². The Balaban J connectivity index is 0.00000113. The molecule has 0 fully saturated rings. The number of carbonyl (C=O) groups excluding carboxylic acids is 2. The molecule has 13 heteroatoms. The zero-order valence-corrected chi connectivity index (χ0v) is 23.4. The molecule has 0 unspecified atom stereocenters. The van der Waals surface area contributed by atoms with Gasteiger partial charge in [-0.05, 0) is 61.5 Å². The summed E-state index contributed by atoms with van der Waals surface area (Å²) in [4.78, 5) is 29.4. The highest BCUT2D eigenvalue weighted by Crippen LogP contribution is 2.36. The van der Waals surface area contributed by atoms with Crippen molar-refractivity contribution in [2.75, 3.05) is 40.5 Å². The molecule has 228 valence electrons. The molecule has 0 aliphatic carbocycles. The van der Waals surface area contributed by atoms with Crippen LogP contribution < -0.4 is 25.3 Å². The van der Waals surface area contributed by atoms with Crippen molar-refractivity contribution in [1.82, 2.24) is 10.3 Å². The zero-order valence-electron chi connectivity index (χ0n) is 23.4. The van der Waals surface area contributed by atoms with E-state index in [1.807, 2.05) is 0 Å². The van der Waals surface area contributed by atoms with Crippen molar-refractivity contribution >= 4 is 11.7 Å². The molecule has 0 aliphatic heterocycles. The number of methoxy groups -OCH3 is 2. The third-order valence-electron chi connectivity index (χ3n) is 5.65. The molecule has 3 rings (SSSR count). The van der Waals surface area contributed by atoms with Gasteiger partial charge in [0.2, 0.25) is 0 Å². The minimum absolute atomic E-state index is 0.0305. The number of aliphatic hydroxyl groups is 1. The zero-order chi connectivity index (χ0) is 31.3. The van der Waals surface area contributed by atoms with Gasteiger partial charge in [0.15, 0.2) is 17.3 Å². The van der Waals surface area contributed by atoms with Gasteiger partial charge in [0, 0.05) is 11.1 Å². The number of nitrogens with zero attached hydrogens (tertiary/aromatic N) is 1. The van der Waals surface area contributed by atoms with E-state index in [0.29, 0.717) is 17.9 Å². The van der Waals surface area contributed by atoms with E-state index in [-0.39, 0.29) is 47.2 Å². The summed E-state index contributed by atoms with van der Waals surface area (Å²) in [5.74, 6) is -2.07. The fraction of sp³-hybridized carbons (Fsp3) is 0.345. The molecule has 0 aliphatic rings. The Bertz CT molecular complexity index is 1350. The second kappa shape index (κ2) is 16.3. The van der Waals surface area contributed by atoms with Gasteiger partial charge in [-0.3, -0.25) is 9.59 Å². The van der Waals surface area contributed by atoms with Crippen LogP contribution in [0.3, 0.4) is 0 Å². The normalized spacial score (nSPS) is 10.8. The van der Waals surface area contributed by atoms with E-state index in [0.717, 1.165) is 12.6 Å². The maximum absolute atomic E-state index is 13.7. The molecule has 0 bridgehead atoms. The number of nitrogens with one attached hydrogen (secondary N) is 1. The SMILES string of the molecule is CCCCN.COc1cc(C(=O)NCC(=O)c2ccc(OC)c(-c3ccc(F)c(C(F)(F)F)c3)n2)ccc1OCCO. The first kappa shape index (κ1) is 34.0. The summed E-state index contributed by atoms with van der Waals surface area (Å²) in [6.07, 6.45) is -2.55. The average molecular weight is 596 g/mol. The molecule has 3 aromatic rings. The number of alkyl halides is 3. The van der Waals surface area contributed by atoms with Crippen molar-refractivity contribution in [3.05, 3.63) is 71.2 Å². The Hall–Kier alpha value is -4.23. The third-order valence-corrected chi connectivity index (χ3v) is 5.65. The first-order valence-corrected chi connectivity index (χ1v) is 12.9. The predicted molar refractivity (Wildman–Crippen MR) is 147 cm³/mol. The Labute approximate surface area is 240 Å². The third kappa shape index (κ3) is 9.42. The van der Waals surface area contributed by atoms with Crippen LogP contribution in [0.25, 0.3) is 11.3 Å². The maximum atomic E-state index is 13.7. The summed E-state index contributed by atoms with van der Waals surface area (Å²) in [5, 5.41) is 11.3. The molecule has 0 atom stereocenters. The lowest BCUT2D eigenvalue weighted by Gasteiger charge is -2.13. The van der Waals surface area contributed by atoms with Gasteiger partial charge in [0.25, 0.3) is 5.91 Å². The molecule has 1 heterocycles. The molecule has 1 aromatic heterocycles. The van der Waals surface area contributed by atoms with E-state index in [1.165, 1.54) is 57.4 Å². The van der Waals surface area contributed by atoms with Crippen LogP contribution in [0.4, 0.5) is 17.6 Å². The minimum atomic E-state index is -4.93. The fourth-order valence-corrected chi connectivity index (χ4v) is 3.50. The summed E-state index contributed by atoms with van der Waals surface area (Å²) in [6.45, 7) is 2.32. The largest absolute Gasteiger partial charge is 0.494 e. The number of benzene rings is 2. The molecule has 0 radical (unpaired) electrons. The predicted octanol–water partition coefficient (Wildman–Crippen LogP) is 4.65. The smallest absolute Gasteiger partial charge is 0.419 e. The van der Waals surface area contributed by atoms with Crippen LogP contribution in [0, 0.1) is 5.82 Å². The first-order valence-electron chi connectivity index (χ1n) is 12.9. The lowest BCUT2D eigenvalue weighted by atomic mass is 10.0. The summed E-state index contributed by atoms with van der Waals surface area (Å²) >= 11 is 0. The molecule has 0 spiro atoms. The second-order valence-corrected chi connectivity index (χ2v) is 8.63. The Morgan fingerprint density at radius 1 is 1.00 bits per heavy atom. The van der Waals surface area contributed by atoms with E-state index >= 15 is 0 Å². The highest BCUT2D eigenvalue weighted by atomic mass is 19.4. The molecule has 2 aromatic carbocycles. The number of ketones is 1. The van der Waals surface area contributed by atoms with Crippen LogP contribution in [0.15, 0.2) is 48.5 Å². The van der Waals surface area contributed by atoms with Crippen molar-refractivity contribution in [3.63, 3.8) is 0 Å². The number of Topliss-reactive ketones (excluding diaryl/α,β-unsaturated/α-hetero) is 1. The number of pyridine rings is 1. The number of amides is 1. The van der Waals surface area contributed by atoms with Gasteiger partial charge >= 0.3 is 6.18 Å². The molecule has 0 saturated heterocycles. The molecule has 4 N–H and O–H groups in total. The number of aliphatic hydroxyl groups excluding tert-OH is 1. The van der Waals surface area contributed by atoms with Crippen LogP contribution in [0.5, 0.6) is 17.2 Å². The molecule has 9 nitrogen and oxygen atoms in total. The average Bonchev–Trinajstić information content (AvgIpc) is 2.98. The number of rotatable bonds is 12. The summed E-state index contributed by atoms with van der Waals surface area (Å²) in [5.41, 5.74) is 3.45. The Morgan fingerprint density at radius 3 is 2.26 bits per heavy atom. The summed E-state index contributed by atoms with van der Waals surface area (Å²) in [7, 11) is 2.64. The van der Waals surface area contributed by atoms with Gasteiger partial charge in [0.05, 0.1) is 32.9 Å². The van der Waals surface area contributed by atoms with Crippen molar-refractivity contribution in [2.45, 2.75) is 25.9 Å². The van der Waals surface area contributed by atoms with Crippen LogP contribution in [-0.2, 0) is 6.18 Å². The lowest BCUT2D eigenvalue weighted by molar-refractivity contribution is -0.139. The summed E-state index contributed by atoms with van der Waals surface area (Å²) in [6, 6.07) is 9.26. The number of halogens is 4. The minimum Gasteiger partial charge on any atom is -0.494 e. The van der Waals surface area contributed by atoms with E-state index in [1.54, 1.807) is 0 Å². The number of aromatic nitrogens is 1. The topological polar surface area (TPSA) is 133 Å². The van der Waals surface area contributed by atoms with E-state index in [9.17, 15) is 27.2 Å². The number of unbranched alkanes of at least 4 members (excludes halogenated alkanes) is 1. The maximum Gasteiger partial charge on any atom is 0.419 e. The number of hydrogen-bond acceptors (Lipinski definition) is 8. The van der Waals surface area contributed by atoms with Gasteiger partial charge in [-0.25, -0.2) is 9.37 Å². The van der Waals surface area contributed by atoms with Crippen molar-refractivity contribution < 1.29 is 46.5 Å². The van der Waals surface area contributed by atoms with Crippen molar-refractivity contribution in [1.29, 1.82) is 0 Å². The van der Waals surface area contributed by atoms with E-state index in [2.05, 4.69) is 17.2 Å². The van der Waals surface area contributed by atoms with Crippen molar-refractivity contribution in [3.8, 4) is 28.5 Å². The highest BCUT2D eigenvalue weighted by Gasteiger charge is 2.34. The number of carbonyl (C=O) groups is 2. The molecular weight excluding hydrogens is 562 g/mol. The Kier molecular flexibility index (Phi) is 13.2. The lowest BCUT2D eigenvalue weighted by Crippen LogP contribution is -2.30. The highest BCUT2D eigenvalue weighted by molar-refractivity contribution is 6.01. The standard InChI is InChI=1S/C25H22F4N2O6.C4H11N/c1-35-21-8-6-18(31-23(21)14-3-5-17(26)16(11-14)25(27,28)29)19(33)13-30-24(34)15-4-7-20(37-10-9-32)22(12-15)36-2;1-2-3-4-5/h3-8,11-12,32H,9-10,13H2,1-2H3,(H,30,34);2-5H2,1H3. The van der Waals surface area contributed by atoms with E-state index in [4.69, 9.17) is 25.1 Å². The monoisotopic (exact) mass is 595 g/mol.